The van der Waals surface area contributed by atoms with E-state index < -0.39 is 18.7 Å². The number of carboxylic acids is 1. The summed E-state index contributed by atoms with van der Waals surface area (Å²) in [5, 5.41) is 13.2. The first-order chi connectivity index (χ1) is 15.3. The number of benzene rings is 2. The van der Waals surface area contributed by atoms with Crippen molar-refractivity contribution in [3.63, 3.8) is 0 Å². The largest absolute Gasteiger partial charge is 0.478 e. The van der Waals surface area contributed by atoms with Gasteiger partial charge in [-0.2, -0.15) is 13.2 Å². The first-order valence-corrected chi connectivity index (χ1v) is 10.7. The smallest absolute Gasteiger partial charge is 0.406 e. The van der Waals surface area contributed by atoms with Crippen molar-refractivity contribution in [2.75, 3.05) is 5.32 Å². The highest BCUT2D eigenvalue weighted by molar-refractivity contribution is 7.18. The molecule has 1 aliphatic rings. The molecule has 4 aromatic rings. The van der Waals surface area contributed by atoms with Crippen molar-refractivity contribution in [3.8, 4) is 10.7 Å². The van der Waals surface area contributed by atoms with E-state index in [1.165, 1.54) is 46.9 Å². The molecule has 2 aromatic carbocycles. The number of aromatic carboxylic acids is 1. The van der Waals surface area contributed by atoms with E-state index in [1.54, 1.807) is 0 Å². The van der Waals surface area contributed by atoms with E-state index >= 15 is 0 Å². The lowest BCUT2D eigenvalue weighted by molar-refractivity contribution is -0.139. The van der Waals surface area contributed by atoms with Crippen molar-refractivity contribution in [2.24, 2.45) is 0 Å². The first kappa shape index (κ1) is 20.5. The molecule has 2 heterocycles. The van der Waals surface area contributed by atoms with Gasteiger partial charge in [0.05, 0.1) is 27.7 Å². The molecule has 32 heavy (non-hydrogen) atoms. The molecule has 0 radical (unpaired) electrons. The van der Waals surface area contributed by atoms with Crippen LogP contribution >= 0.6 is 11.3 Å². The second kappa shape index (κ2) is 7.63. The molecule has 0 spiro atoms. The fraction of sp³-hybridized carbons (Fsp3) is 0.227. The molecule has 10 heteroatoms. The molecule has 0 amide bonds. The molecule has 0 unspecified atom stereocenters. The molecule has 0 bridgehead atoms. The van der Waals surface area contributed by atoms with Crippen LogP contribution < -0.4 is 5.32 Å². The van der Waals surface area contributed by atoms with Crippen LogP contribution in [0, 0.1) is 0 Å². The predicted octanol–water partition coefficient (Wildman–Crippen LogP) is 5.00. The van der Waals surface area contributed by atoms with Gasteiger partial charge in [0.15, 0.2) is 11.0 Å². The van der Waals surface area contributed by atoms with Gasteiger partial charge in [-0.1, -0.05) is 35.6 Å². The van der Waals surface area contributed by atoms with Gasteiger partial charge in [-0.05, 0) is 42.2 Å². The summed E-state index contributed by atoms with van der Waals surface area (Å²) in [7, 11) is 0. The molecular weight excluding hydrogens is 441 g/mol. The van der Waals surface area contributed by atoms with Crippen LogP contribution in [0.15, 0.2) is 48.7 Å². The van der Waals surface area contributed by atoms with Crippen LogP contribution in [-0.4, -0.2) is 37.8 Å². The normalized spacial score (nSPS) is 14.1. The molecule has 0 aliphatic heterocycles. The number of halogens is 3. The topological polar surface area (TPSA) is 80.0 Å². The zero-order chi connectivity index (χ0) is 22.5. The van der Waals surface area contributed by atoms with Gasteiger partial charge >= 0.3 is 12.1 Å². The number of nitrogens with one attached hydrogen (secondary N) is 1. The van der Waals surface area contributed by atoms with Gasteiger partial charge in [-0.25, -0.2) is 14.8 Å². The Hall–Kier alpha value is -3.40. The Balaban J connectivity index is 1.47. The van der Waals surface area contributed by atoms with Gasteiger partial charge in [0, 0.05) is 6.04 Å². The van der Waals surface area contributed by atoms with Crippen molar-refractivity contribution < 1.29 is 23.1 Å². The highest BCUT2D eigenvalue weighted by Gasteiger charge is 2.31. The summed E-state index contributed by atoms with van der Waals surface area (Å²) in [5.41, 5.74) is 2.88. The van der Waals surface area contributed by atoms with Crippen LogP contribution in [-0.2, 0) is 19.4 Å². The maximum Gasteiger partial charge on any atom is 0.406 e. The summed E-state index contributed by atoms with van der Waals surface area (Å²) < 4.78 is 41.0. The minimum atomic E-state index is -4.50. The van der Waals surface area contributed by atoms with Gasteiger partial charge in [-0.3, -0.25) is 0 Å². The number of hydrogen-bond donors (Lipinski definition) is 2. The van der Waals surface area contributed by atoms with Gasteiger partial charge in [0.1, 0.15) is 6.54 Å². The number of imidazole rings is 1. The van der Waals surface area contributed by atoms with Crippen LogP contribution in [0.3, 0.4) is 0 Å². The van der Waals surface area contributed by atoms with Crippen molar-refractivity contribution >= 4 is 33.5 Å². The molecule has 5 rings (SSSR count). The predicted molar refractivity (Wildman–Crippen MR) is 115 cm³/mol. The number of fused-ring (bicyclic) bond motifs is 2. The molecule has 164 valence electrons. The molecule has 1 aliphatic carbocycles. The lowest BCUT2D eigenvalue weighted by atomic mass is 10.1. The Morgan fingerprint density at radius 3 is 2.56 bits per heavy atom. The van der Waals surface area contributed by atoms with Gasteiger partial charge in [-0.15, -0.1) is 0 Å². The Morgan fingerprint density at radius 1 is 1.19 bits per heavy atom. The molecular formula is C22H17F3N4O2S. The third-order valence-electron chi connectivity index (χ3n) is 5.44. The zero-order valence-corrected chi connectivity index (χ0v) is 17.4. The summed E-state index contributed by atoms with van der Waals surface area (Å²) in [6.45, 7) is -1.28. The third-order valence-corrected chi connectivity index (χ3v) is 6.36. The van der Waals surface area contributed by atoms with Crippen molar-refractivity contribution in [2.45, 2.75) is 31.6 Å². The van der Waals surface area contributed by atoms with E-state index in [4.69, 9.17) is 0 Å². The molecule has 2 N–H and O–H groups in total. The Morgan fingerprint density at radius 2 is 1.91 bits per heavy atom. The lowest BCUT2D eigenvalue weighted by Crippen LogP contribution is -2.19. The van der Waals surface area contributed by atoms with E-state index in [9.17, 15) is 23.1 Å². The first-order valence-electron chi connectivity index (χ1n) is 9.87. The van der Waals surface area contributed by atoms with E-state index in [1.807, 2.05) is 12.1 Å². The highest BCUT2D eigenvalue weighted by atomic mass is 32.1. The lowest BCUT2D eigenvalue weighted by Gasteiger charge is -2.11. The monoisotopic (exact) mass is 458 g/mol. The molecule has 0 atom stereocenters. The van der Waals surface area contributed by atoms with Crippen molar-refractivity contribution in [1.82, 2.24) is 14.5 Å². The SMILES string of the molecule is O=C(O)c1ccc2nc(-c3cnc(NC4Cc5ccccc5C4)s3)n(CC(F)(F)F)c2c1. The molecule has 6 nitrogen and oxygen atoms in total. The number of nitrogens with zero attached hydrogens (tertiary/aromatic N) is 3. The fourth-order valence-electron chi connectivity index (χ4n) is 4.06. The number of rotatable bonds is 5. The van der Waals surface area contributed by atoms with E-state index in [0.29, 0.717) is 15.5 Å². The maximum atomic E-state index is 13.3. The van der Waals surface area contributed by atoms with Crippen LogP contribution in [0.2, 0.25) is 0 Å². The number of anilines is 1. The fourth-order valence-corrected chi connectivity index (χ4v) is 4.95. The Kier molecular flexibility index (Phi) is 4.89. The molecule has 2 aromatic heterocycles. The number of aromatic nitrogens is 3. The standard InChI is InChI=1S/C22H17F3N4O2S/c23-22(24,25)11-29-17-9-14(20(30)31)5-6-16(17)28-19(29)18-10-26-21(32-18)27-15-7-12-3-1-2-4-13(12)8-15/h1-6,9-10,15H,7-8,11H2,(H,26,27)(H,30,31). The van der Waals surface area contributed by atoms with E-state index in [-0.39, 0.29) is 22.9 Å². The number of alkyl halides is 3. The summed E-state index contributed by atoms with van der Waals surface area (Å²) in [6.07, 6.45) is -1.28. The molecule has 0 fully saturated rings. The Bertz CT molecular complexity index is 1300. The average Bonchev–Trinajstić information content (AvgIpc) is 3.43. The van der Waals surface area contributed by atoms with Gasteiger partial charge in [0.2, 0.25) is 0 Å². The number of carboxylic acid groups (broad SMARTS) is 1. The number of carbonyl (C=O) groups is 1. The minimum Gasteiger partial charge on any atom is -0.478 e. The summed E-state index contributed by atoms with van der Waals surface area (Å²) in [5.74, 6) is -1.10. The number of thiazole rings is 1. The van der Waals surface area contributed by atoms with Crippen molar-refractivity contribution in [1.29, 1.82) is 0 Å². The quantitative estimate of drug-likeness (QED) is 0.440. The second-order valence-electron chi connectivity index (χ2n) is 7.69. The number of hydrogen-bond acceptors (Lipinski definition) is 5. The van der Waals surface area contributed by atoms with Gasteiger partial charge < -0.3 is 15.0 Å². The van der Waals surface area contributed by atoms with Crippen LogP contribution in [0.1, 0.15) is 21.5 Å². The van der Waals surface area contributed by atoms with Crippen LogP contribution in [0.5, 0.6) is 0 Å². The minimum absolute atomic E-state index is 0.0974. The third kappa shape index (κ3) is 3.93. The Labute approximate surface area is 184 Å². The molecule has 0 saturated carbocycles. The van der Waals surface area contributed by atoms with E-state index in [0.717, 1.165) is 17.4 Å². The summed E-state index contributed by atoms with van der Waals surface area (Å²) in [6, 6.07) is 12.3. The van der Waals surface area contributed by atoms with Crippen LogP contribution in [0.4, 0.5) is 18.3 Å². The van der Waals surface area contributed by atoms with Crippen molar-refractivity contribution in [3.05, 3.63) is 65.4 Å². The zero-order valence-electron chi connectivity index (χ0n) is 16.6. The average molecular weight is 458 g/mol. The highest BCUT2D eigenvalue weighted by Crippen LogP contribution is 2.35. The maximum absolute atomic E-state index is 13.3. The second-order valence-corrected chi connectivity index (χ2v) is 8.72. The van der Waals surface area contributed by atoms with Crippen LogP contribution in [0.25, 0.3) is 21.7 Å². The van der Waals surface area contributed by atoms with Gasteiger partial charge in [0.25, 0.3) is 0 Å². The van der Waals surface area contributed by atoms with E-state index in [2.05, 4.69) is 27.4 Å². The molecule has 0 saturated heterocycles. The summed E-state index contributed by atoms with van der Waals surface area (Å²) >= 11 is 1.23. The summed E-state index contributed by atoms with van der Waals surface area (Å²) in [4.78, 5) is 20.5.